The second-order valence-corrected chi connectivity index (χ2v) is 4.29. The molecule has 0 radical (unpaired) electrons. The van der Waals surface area contributed by atoms with E-state index in [2.05, 4.69) is 6.07 Å². The number of hydrogen-bond donors (Lipinski definition) is 1. The molecule has 1 unspecified atom stereocenters. The largest absolute Gasteiger partial charge is 0.316 e. The highest BCUT2D eigenvalue weighted by atomic mass is 16.2. The van der Waals surface area contributed by atoms with Gasteiger partial charge in [-0.2, -0.15) is 5.26 Å². The van der Waals surface area contributed by atoms with Gasteiger partial charge in [0.2, 0.25) is 5.91 Å². The molecule has 0 saturated heterocycles. The van der Waals surface area contributed by atoms with E-state index in [0.717, 1.165) is 16.8 Å². The van der Waals surface area contributed by atoms with Crippen LogP contribution in [-0.4, -0.2) is 12.5 Å². The Labute approximate surface area is 101 Å². The number of carbonyl (C=O) groups is 1. The highest BCUT2D eigenvalue weighted by molar-refractivity contribution is 6.04. The van der Waals surface area contributed by atoms with Gasteiger partial charge in [0.05, 0.1) is 6.07 Å². The van der Waals surface area contributed by atoms with Gasteiger partial charge < -0.3 is 10.6 Å². The molecule has 1 atom stereocenters. The Kier molecular flexibility index (Phi) is 3.12. The van der Waals surface area contributed by atoms with E-state index in [1.165, 1.54) is 0 Å². The first-order valence-corrected chi connectivity index (χ1v) is 5.69. The minimum Gasteiger partial charge on any atom is -0.316 e. The minimum absolute atomic E-state index is 0.0662. The van der Waals surface area contributed by atoms with Gasteiger partial charge in [-0.15, -0.1) is 0 Å². The molecule has 1 amide bonds. The first-order valence-electron chi connectivity index (χ1n) is 5.69. The van der Waals surface area contributed by atoms with Crippen LogP contribution in [0.4, 0.5) is 5.69 Å². The molecule has 1 heterocycles. The summed E-state index contributed by atoms with van der Waals surface area (Å²) in [7, 11) is 0. The molecule has 0 aromatic heterocycles. The number of carbonyl (C=O) groups excluding carboxylic acids is 1. The van der Waals surface area contributed by atoms with Crippen molar-refractivity contribution in [1.29, 1.82) is 5.26 Å². The molecule has 0 bridgehead atoms. The molecular weight excluding hydrogens is 214 g/mol. The number of hydrogen-bond acceptors (Lipinski definition) is 3. The van der Waals surface area contributed by atoms with Crippen LogP contribution in [0, 0.1) is 18.3 Å². The molecule has 2 rings (SSSR count). The lowest BCUT2D eigenvalue weighted by Gasteiger charge is -2.16. The lowest BCUT2D eigenvalue weighted by molar-refractivity contribution is -0.119. The van der Waals surface area contributed by atoms with E-state index in [1.807, 2.05) is 25.1 Å². The summed E-state index contributed by atoms with van der Waals surface area (Å²) >= 11 is 0. The van der Waals surface area contributed by atoms with E-state index in [4.69, 9.17) is 11.0 Å². The first-order chi connectivity index (χ1) is 8.15. The van der Waals surface area contributed by atoms with Crippen molar-refractivity contribution >= 4 is 11.6 Å². The van der Waals surface area contributed by atoms with Gasteiger partial charge in [0.15, 0.2) is 0 Å². The summed E-state index contributed by atoms with van der Waals surface area (Å²) in [5.41, 5.74) is 8.79. The molecule has 1 aromatic carbocycles. The molecule has 1 aliphatic rings. The fourth-order valence-corrected chi connectivity index (χ4v) is 2.14. The number of nitriles is 1. The van der Waals surface area contributed by atoms with Gasteiger partial charge >= 0.3 is 0 Å². The Morgan fingerprint density at radius 3 is 3.00 bits per heavy atom. The summed E-state index contributed by atoms with van der Waals surface area (Å²) in [6, 6.07) is 7.40. The molecule has 4 nitrogen and oxygen atoms in total. The predicted molar refractivity (Wildman–Crippen MR) is 65.3 cm³/mol. The van der Waals surface area contributed by atoms with Gasteiger partial charge in [-0.1, -0.05) is 17.7 Å². The van der Waals surface area contributed by atoms with Crippen molar-refractivity contribution in [3.05, 3.63) is 29.3 Å². The van der Waals surface area contributed by atoms with E-state index in [-0.39, 0.29) is 5.91 Å². The minimum atomic E-state index is -0.549. The van der Waals surface area contributed by atoms with Gasteiger partial charge in [0.25, 0.3) is 0 Å². The monoisotopic (exact) mass is 229 g/mol. The van der Waals surface area contributed by atoms with Crippen molar-refractivity contribution in [1.82, 2.24) is 0 Å². The number of amides is 1. The number of rotatable bonds is 3. The number of nitrogens with two attached hydrogens (primary N) is 1. The highest BCUT2D eigenvalue weighted by Gasteiger charge is 2.34. The standard InChI is InChI=1S/C13H15N3O/c1-9-4-5-11-10(8-9)12(15)13(17)16(11)7-3-2-6-14/h4-5,8,12H,2-3,7,15H2,1H3. The van der Waals surface area contributed by atoms with Crippen LogP contribution in [-0.2, 0) is 4.79 Å². The van der Waals surface area contributed by atoms with Gasteiger partial charge in [0, 0.05) is 24.2 Å². The summed E-state index contributed by atoms with van der Waals surface area (Å²) in [6.07, 6.45) is 1.14. The molecule has 0 saturated carbocycles. The number of aryl methyl sites for hydroxylation is 1. The van der Waals surface area contributed by atoms with Gasteiger partial charge in [-0.05, 0) is 19.4 Å². The predicted octanol–water partition coefficient (Wildman–Crippen LogP) is 1.65. The zero-order chi connectivity index (χ0) is 12.4. The Bertz CT molecular complexity index is 490. The zero-order valence-electron chi connectivity index (χ0n) is 9.81. The molecule has 1 aromatic rings. The van der Waals surface area contributed by atoms with Crippen molar-refractivity contribution in [2.45, 2.75) is 25.8 Å². The SMILES string of the molecule is Cc1ccc2c(c1)C(N)C(=O)N2CCCC#N. The molecule has 88 valence electrons. The third-order valence-corrected chi connectivity index (χ3v) is 3.01. The molecule has 0 fully saturated rings. The number of anilines is 1. The summed E-state index contributed by atoms with van der Waals surface area (Å²) in [5, 5.41) is 8.51. The Balaban J connectivity index is 2.26. The average molecular weight is 229 g/mol. The molecule has 17 heavy (non-hydrogen) atoms. The van der Waals surface area contributed by atoms with Crippen molar-refractivity contribution in [2.24, 2.45) is 5.73 Å². The Morgan fingerprint density at radius 1 is 1.53 bits per heavy atom. The van der Waals surface area contributed by atoms with Crippen LogP contribution in [0.3, 0.4) is 0 Å². The lowest BCUT2D eigenvalue weighted by atomic mass is 10.1. The first kappa shape index (κ1) is 11.6. The van der Waals surface area contributed by atoms with Gasteiger partial charge in [-0.3, -0.25) is 4.79 Å². The maximum atomic E-state index is 12.0. The van der Waals surface area contributed by atoms with E-state index in [0.29, 0.717) is 19.4 Å². The van der Waals surface area contributed by atoms with Crippen LogP contribution in [0.25, 0.3) is 0 Å². The van der Waals surface area contributed by atoms with Crippen LogP contribution in [0.2, 0.25) is 0 Å². The van der Waals surface area contributed by atoms with Crippen LogP contribution in [0.15, 0.2) is 18.2 Å². The Hall–Kier alpha value is -1.86. The van der Waals surface area contributed by atoms with Crippen LogP contribution >= 0.6 is 0 Å². The second-order valence-electron chi connectivity index (χ2n) is 4.29. The van der Waals surface area contributed by atoms with Crippen molar-refractivity contribution in [3.8, 4) is 6.07 Å². The van der Waals surface area contributed by atoms with E-state index in [1.54, 1.807) is 4.90 Å². The maximum Gasteiger partial charge on any atom is 0.248 e. The molecule has 0 spiro atoms. The smallest absolute Gasteiger partial charge is 0.248 e. The summed E-state index contributed by atoms with van der Waals surface area (Å²) in [6.45, 7) is 2.55. The fourth-order valence-electron chi connectivity index (χ4n) is 2.14. The molecule has 1 aliphatic heterocycles. The van der Waals surface area contributed by atoms with E-state index < -0.39 is 6.04 Å². The normalized spacial score (nSPS) is 18.1. The summed E-state index contributed by atoms with van der Waals surface area (Å²) in [5.74, 6) is -0.0662. The molecule has 0 aliphatic carbocycles. The third kappa shape index (κ3) is 2.02. The summed E-state index contributed by atoms with van der Waals surface area (Å²) in [4.78, 5) is 13.7. The highest BCUT2D eigenvalue weighted by Crippen LogP contribution is 2.35. The molecular formula is C13H15N3O. The lowest BCUT2D eigenvalue weighted by Crippen LogP contribution is -2.32. The van der Waals surface area contributed by atoms with Gasteiger partial charge in [-0.25, -0.2) is 0 Å². The third-order valence-electron chi connectivity index (χ3n) is 3.01. The molecule has 2 N–H and O–H groups in total. The van der Waals surface area contributed by atoms with Crippen LogP contribution < -0.4 is 10.6 Å². The van der Waals surface area contributed by atoms with Crippen molar-refractivity contribution in [2.75, 3.05) is 11.4 Å². The molecule has 4 heteroatoms. The second kappa shape index (κ2) is 4.56. The zero-order valence-corrected chi connectivity index (χ0v) is 9.81. The van der Waals surface area contributed by atoms with E-state index in [9.17, 15) is 4.79 Å². The number of unbranched alkanes of at least 4 members (excludes halogenated alkanes) is 1. The maximum absolute atomic E-state index is 12.0. The summed E-state index contributed by atoms with van der Waals surface area (Å²) < 4.78 is 0. The Morgan fingerprint density at radius 2 is 2.29 bits per heavy atom. The van der Waals surface area contributed by atoms with E-state index >= 15 is 0 Å². The number of fused-ring (bicyclic) bond motifs is 1. The number of nitrogens with zero attached hydrogens (tertiary/aromatic N) is 2. The quantitative estimate of drug-likeness (QED) is 0.801. The number of benzene rings is 1. The fraction of sp³-hybridized carbons (Fsp3) is 0.385. The van der Waals surface area contributed by atoms with Crippen LogP contribution in [0.1, 0.15) is 30.0 Å². The topological polar surface area (TPSA) is 70.1 Å². The van der Waals surface area contributed by atoms with Gasteiger partial charge in [0.1, 0.15) is 6.04 Å². The van der Waals surface area contributed by atoms with Crippen molar-refractivity contribution in [3.63, 3.8) is 0 Å². The van der Waals surface area contributed by atoms with Crippen molar-refractivity contribution < 1.29 is 4.79 Å². The average Bonchev–Trinajstić information content (AvgIpc) is 2.54. The van der Waals surface area contributed by atoms with Crippen LogP contribution in [0.5, 0.6) is 0 Å².